The molecule has 0 radical (unpaired) electrons. The van der Waals surface area contributed by atoms with Crippen LogP contribution in [0.1, 0.15) is 85.9 Å². The molecule has 4 nitrogen and oxygen atoms in total. The molecule has 0 unspecified atom stereocenters. The summed E-state index contributed by atoms with van der Waals surface area (Å²) in [5.74, 6) is -0.777. The van der Waals surface area contributed by atoms with Gasteiger partial charge in [0.15, 0.2) is 0 Å². The maximum absolute atomic E-state index is 12.0. The molecule has 0 aliphatic carbocycles. The van der Waals surface area contributed by atoms with Crippen LogP contribution in [-0.2, 0) is 9.47 Å². The third-order valence-electron chi connectivity index (χ3n) is 3.80. The molecule has 0 amide bonds. The molecule has 0 saturated heterocycles. The number of ether oxygens (including phenoxy) is 2. The zero-order chi connectivity index (χ0) is 17.6. The van der Waals surface area contributed by atoms with Crippen molar-refractivity contribution < 1.29 is 19.1 Å². The summed E-state index contributed by atoms with van der Waals surface area (Å²) < 4.78 is 10.4. The summed E-state index contributed by atoms with van der Waals surface area (Å²) in [7, 11) is 0. The van der Waals surface area contributed by atoms with Gasteiger partial charge in [-0.05, 0) is 31.0 Å². The van der Waals surface area contributed by atoms with Gasteiger partial charge in [-0.1, -0.05) is 58.4 Å². The van der Waals surface area contributed by atoms with Crippen molar-refractivity contribution in [3.05, 3.63) is 35.4 Å². The predicted molar refractivity (Wildman–Crippen MR) is 95.3 cm³/mol. The Morgan fingerprint density at radius 1 is 0.750 bits per heavy atom. The topological polar surface area (TPSA) is 52.6 Å². The van der Waals surface area contributed by atoms with Crippen LogP contribution in [0.4, 0.5) is 0 Å². The van der Waals surface area contributed by atoms with Crippen LogP contribution in [0, 0.1) is 0 Å². The Morgan fingerprint density at radius 2 is 1.25 bits per heavy atom. The van der Waals surface area contributed by atoms with Crippen LogP contribution in [0.3, 0.4) is 0 Å². The fourth-order valence-electron chi connectivity index (χ4n) is 2.30. The number of rotatable bonds is 12. The van der Waals surface area contributed by atoms with Gasteiger partial charge in [0.05, 0.1) is 24.3 Å². The molecule has 24 heavy (non-hydrogen) atoms. The number of hydrogen-bond donors (Lipinski definition) is 0. The van der Waals surface area contributed by atoms with Gasteiger partial charge in [0, 0.05) is 0 Å². The highest BCUT2D eigenvalue weighted by molar-refractivity contribution is 5.95. The highest BCUT2D eigenvalue weighted by atomic mass is 16.5. The Kier molecular flexibility index (Phi) is 10.6. The number of esters is 2. The second kappa shape index (κ2) is 12.6. The van der Waals surface area contributed by atoms with E-state index in [0.29, 0.717) is 24.3 Å². The number of carbonyl (C=O) groups is 2. The van der Waals surface area contributed by atoms with Gasteiger partial charge in [-0.15, -0.1) is 0 Å². The Hall–Kier alpha value is -1.84. The van der Waals surface area contributed by atoms with E-state index in [9.17, 15) is 9.59 Å². The Morgan fingerprint density at radius 3 is 1.83 bits per heavy atom. The van der Waals surface area contributed by atoms with Crippen molar-refractivity contribution in [1.29, 1.82) is 0 Å². The zero-order valence-corrected chi connectivity index (χ0v) is 15.0. The van der Waals surface area contributed by atoms with Crippen molar-refractivity contribution in [2.24, 2.45) is 0 Å². The van der Waals surface area contributed by atoms with Gasteiger partial charge in [0.1, 0.15) is 0 Å². The lowest BCUT2D eigenvalue weighted by Gasteiger charge is -2.07. The molecule has 4 heteroatoms. The molecule has 134 valence electrons. The fraction of sp³-hybridized carbons (Fsp3) is 0.600. The summed E-state index contributed by atoms with van der Waals surface area (Å²) in [4.78, 5) is 23.9. The first-order valence-corrected chi connectivity index (χ1v) is 9.13. The SMILES string of the molecule is CCCCCCCCOC(=O)c1cccc(C(=O)OCCCC)c1. The molecule has 0 saturated carbocycles. The number of unbranched alkanes of at least 4 members (excludes halogenated alkanes) is 6. The quantitative estimate of drug-likeness (QED) is 0.391. The van der Waals surface area contributed by atoms with Gasteiger partial charge in [-0.25, -0.2) is 9.59 Å². The predicted octanol–water partition coefficient (Wildman–Crippen LogP) is 5.16. The lowest BCUT2D eigenvalue weighted by molar-refractivity contribution is 0.0497. The minimum Gasteiger partial charge on any atom is -0.462 e. The molecule has 0 aromatic heterocycles. The number of carbonyl (C=O) groups excluding carboxylic acids is 2. The van der Waals surface area contributed by atoms with Gasteiger partial charge in [0.2, 0.25) is 0 Å². The van der Waals surface area contributed by atoms with Crippen molar-refractivity contribution in [2.75, 3.05) is 13.2 Å². The van der Waals surface area contributed by atoms with Gasteiger partial charge in [-0.2, -0.15) is 0 Å². The fourth-order valence-corrected chi connectivity index (χ4v) is 2.30. The summed E-state index contributed by atoms with van der Waals surface area (Å²) in [5.41, 5.74) is 0.783. The summed E-state index contributed by atoms with van der Waals surface area (Å²) in [6, 6.07) is 6.53. The highest BCUT2D eigenvalue weighted by Crippen LogP contribution is 2.10. The maximum atomic E-state index is 12.0. The summed E-state index contributed by atoms with van der Waals surface area (Å²) in [6.45, 7) is 5.06. The van der Waals surface area contributed by atoms with Crippen LogP contribution >= 0.6 is 0 Å². The molecule has 0 N–H and O–H groups in total. The maximum Gasteiger partial charge on any atom is 0.338 e. The molecule has 0 aliphatic rings. The second-order valence-electron chi connectivity index (χ2n) is 5.97. The van der Waals surface area contributed by atoms with E-state index < -0.39 is 5.97 Å². The minimum absolute atomic E-state index is 0.383. The number of hydrogen-bond acceptors (Lipinski definition) is 4. The van der Waals surface area contributed by atoms with Crippen LogP contribution in [0.2, 0.25) is 0 Å². The summed E-state index contributed by atoms with van der Waals surface area (Å²) >= 11 is 0. The molecule has 0 aliphatic heterocycles. The van der Waals surface area contributed by atoms with Gasteiger partial charge < -0.3 is 9.47 Å². The molecule has 0 spiro atoms. The van der Waals surface area contributed by atoms with Gasteiger partial charge >= 0.3 is 11.9 Å². The van der Waals surface area contributed by atoms with E-state index in [1.54, 1.807) is 18.2 Å². The monoisotopic (exact) mass is 334 g/mol. The minimum atomic E-state index is -0.394. The molecule has 0 heterocycles. The van der Waals surface area contributed by atoms with Gasteiger partial charge in [0.25, 0.3) is 0 Å². The zero-order valence-electron chi connectivity index (χ0n) is 15.0. The van der Waals surface area contributed by atoms with E-state index in [1.165, 1.54) is 31.7 Å². The molecule has 0 fully saturated rings. The van der Waals surface area contributed by atoms with Crippen LogP contribution in [0.15, 0.2) is 24.3 Å². The highest BCUT2D eigenvalue weighted by Gasteiger charge is 2.12. The second-order valence-corrected chi connectivity index (χ2v) is 5.97. The first-order valence-electron chi connectivity index (χ1n) is 9.13. The average Bonchev–Trinajstić information content (AvgIpc) is 2.61. The standard InChI is InChI=1S/C20H30O4/c1-3-5-7-8-9-10-15-24-20(22)18-13-11-12-17(16-18)19(21)23-14-6-4-2/h11-13,16H,3-10,14-15H2,1-2H3. The van der Waals surface area contributed by atoms with Crippen molar-refractivity contribution in [3.63, 3.8) is 0 Å². The van der Waals surface area contributed by atoms with Crippen LogP contribution in [0.5, 0.6) is 0 Å². The first-order chi connectivity index (χ1) is 11.7. The van der Waals surface area contributed by atoms with E-state index in [1.807, 2.05) is 6.92 Å². The third kappa shape index (κ3) is 8.14. The molecule has 0 atom stereocenters. The molecular weight excluding hydrogens is 304 g/mol. The Labute approximate surface area is 145 Å². The van der Waals surface area contributed by atoms with Crippen molar-refractivity contribution in [3.8, 4) is 0 Å². The smallest absolute Gasteiger partial charge is 0.338 e. The van der Waals surface area contributed by atoms with Crippen LogP contribution < -0.4 is 0 Å². The summed E-state index contributed by atoms with van der Waals surface area (Å²) in [5, 5.41) is 0. The molecule has 1 aromatic rings. The van der Waals surface area contributed by atoms with E-state index in [4.69, 9.17) is 9.47 Å². The van der Waals surface area contributed by atoms with Crippen LogP contribution in [0.25, 0.3) is 0 Å². The largest absolute Gasteiger partial charge is 0.462 e. The van der Waals surface area contributed by atoms with Crippen molar-refractivity contribution in [2.45, 2.75) is 65.2 Å². The third-order valence-corrected chi connectivity index (χ3v) is 3.80. The van der Waals surface area contributed by atoms with Gasteiger partial charge in [-0.3, -0.25) is 0 Å². The molecular formula is C20H30O4. The molecule has 1 rings (SSSR count). The van der Waals surface area contributed by atoms with E-state index in [2.05, 4.69) is 6.92 Å². The molecule has 0 bridgehead atoms. The van der Waals surface area contributed by atoms with E-state index >= 15 is 0 Å². The Balaban J connectivity index is 2.36. The van der Waals surface area contributed by atoms with Crippen LogP contribution in [-0.4, -0.2) is 25.2 Å². The van der Waals surface area contributed by atoms with Crippen molar-refractivity contribution in [1.82, 2.24) is 0 Å². The average molecular weight is 334 g/mol. The lowest BCUT2D eigenvalue weighted by Crippen LogP contribution is -2.10. The molecule has 1 aromatic carbocycles. The Bertz CT molecular complexity index is 496. The summed E-state index contributed by atoms with van der Waals surface area (Å²) in [6.07, 6.45) is 8.69. The van der Waals surface area contributed by atoms with Crippen molar-refractivity contribution >= 4 is 11.9 Å². The number of benzene rings is 1. The van der Waals surface area contributed by atoms with E-state index in [0.717, 1.165) is 25.7 Å². The lowest BCUT2D eigenvalue weighted by atomic mass is 10.1. The first kappa shape index (κ1) is 20.2. The van der Waals surface area contributed by atoms with E-state index in [-0.39, 0.29) is 5.97 Å². The normalized spacial score (nSPS) is 10.4.